The zero-order chi connectivity index (χ0) is 23.0. The summed E-state index contributed by atoms with van der Waals surface area (Å²) < 4.78 is 29.9. The Labute approximate surface area is 187 Å². The highest BCUT2D eigenvalue weighted by Crippen LogP contribution is 2.41. The Hall–Kier alpha value is -2.77. The van der Waals surface area contributed by atoms with Gasteiger partial charge in [-0.3, -0.25) is 14.3 Å². The van der Waals surface area contributed by atoms with Gasteiger partial charge >= 0.3 is 0 Å². The lowest BCUT2D eigenvalue weighted by molar-refractivity contribution is -0.131. The van der Waals surface area contributed by atoms with E-state index < -0.39 is 17.2 Å². The molecule has 0 bridgehead atoms. The first-order chi connectivity index (χ1) is 15.2. The van der Waals surface area contributed by atoms with Gasteiger partial charge in [-0.05, 0) is 57.4 Å². The molecule has 1 aromatic carbocycles. The Balaban J connectivity index is 1.61. The molecule has 3 heterocycles. The smallest absolute Gasteiger partial charge is 0.224 e. The van der Waals surface area contributed by atoms with E-state index in [0.29, 0.717) is 31.5 Å². The molecular weight excluding hydrogens is 414 g/mol. The fourth-order valence-corrected chi connectivity index (χ4v) is 5.37. The van der Waals surface area contributed by atoms with Crippen LogP contribution in [-0.4, -0.2) is 45.1 Å². The molecule has 1 unspecified atom stereocenters. The van der Waals surface area contributed by atoms with Gasteiger partial charge in [0.25, 0.3) is 0 Å². The third-order valence-electron chi connectivity index (χ3n) is 6.78. The summed E-state index contributed by atoms with van der Waals surface area (Å²) in [6.07, 6.45) is 2.93. The SMILES string of the molecule is Cc1cc(C)n(C(C)CC(=O)N2C[C@@H](c3cc(F)cc(F)c3)[C@@]3(CCCCC(=O)N3)C2)n1. The maximum absolute atomic E-state index is 14.0. The van der Waals surface area contributed by atoms with Gasteiger partial charge in [0.2, 0.25) is 11.8 Å². The Morgan fingerprint density at radius 2 is 1.94 bits per heavy atom. The molecule has 1 spiro atoms. The molecule has 1 N–H and O–H groups in total. The summed E-state index contributed by atoms with van der Waals surface area (Å²) in [6.45, 7) is 6.48. The number of likely N-dealkylation sites (tertiary alicyclic amines) is 1. The Morgan fingerprint density at radius 1 is 1.22 bits per heavy atom. The summed E-state index contributed by atoms with van der Waals surface area (Å²) >= 11 is 0. The number of halogens is 2. The van der Waals surface area contributed by atoms with Gasteiger partial charge in [-0.2, -0.15) is 5.10 Å². The lowest BCUT2D eigenvalue weighted by Gasteiger charge is -2.34. The number of hydrogen-bond donors (Lipinski definition) is 1. The van der Waals surface area contributed by atoms with Gasteiger partial charge < -0.3 is 10.2 Å². The van der Waals surface area contributed by atoms with Crippen LogP contribution < -0.4 is 5.32 Å². The number of hydrogen-bond acceptors (Lipinski definition) is 3. The van der Waals surface area contributed by atoms with Crippen LogP contribution in [0.15, 0.2) is 24.3 Å². The fourth-order valence-electron chi connectivity index (χ4n) is 5.37. The molecule has 6 nitrogen and oxygen atoms in total. The van der Waals surface area contributed by atoms with Gasteiger partial charge in [-0.15, -0.1) is 0 Å². The van der Waals surface area contributed by atoms with E-state index in [-0.39, 0.29) is 30.2 Å². The first-order valence-corrected chi connectivity index (χ1v) is 11.2. The summed E-state index contributed by atoms with van der Waals surface area (Å²) in [7, 11) is 0. The number of rotatable bonds is 4. The van der Waals surface area contributed by atoms with E-state index >= 15 is 0 Å². The summed E-state index contributed by atoms with van der Waals surface area (Å²) in [4.78, 5) is 27.5. The van der Waals surface area contributed by atoms with Crippen LogP contribution in [0.2, 0.25) is 0 Å². The van der Waals surface area contributed by atoms with Crippen LogP contribution in [0.4, 0.5) is 8.78 Å². The first kappa shape index (κ1) is 22.4. The second-order valence-electron chi connectivity index (χ2n) is 9.37. The predicted molar refractivity (Wildman–Crippen MR) is 116 cm³/mol. The van der Waals surface area contributed by atoms with E-state index in [2.05, 4.69) is 10.4 Å². The summed E-state index contributed by atoms with van der Waals surface area (Å²) in [5, 5.41) is 7.61. The molecule has 2 saturated heterocycles. The molecule has 2 aliphatic rings. The van der Waals surface area contributed by atoms with Crippen molar-refractivity contribution in [2.75, 3.05) is 13.1 Å². The monoisotopic (exact) mass is 444 g/mol. The molecule has 8 heteroatoms. The van der Waals surface area contributed by atoms with Crippen molar-refractivity contribution in [2.24, 2.45) is 0 Å². The molecule has 2 aliphatic heterocycles. The Kier molecular flexibility index (Phi) is 6.05. The molecule has 3 atom stereocenters. The van der Waals surface area contributed by atoms with E-state index in [9.17, 15) is 18.4 Å². The van der Waals surface area contributed by atoms with Gasteiger partial charge in [0.1, 0.15) is 11.6 Å². The molecule has 32 heavy (non-hydrogen) atoms. The third-order valence-corrected chi connectivity index (χ3v) is 6.78. The largest absolute Gasteiger partial charge is 0.348 e. The fraction of sp³-hybridized carbons (Fsp3) is 0.542. The lowest BCUT2D eigenvalue weighted by atomic mass is 9.79. The number of aromatic nitrogens is 2. The third kappa shape index (κ3) is 4.40. The van der Waals surface area contributed by atoms with Crippen LogP contribution in [0.5, 0.6) is 0 Å². The predicted octanol–water partition coefficient (Wildman–Crippen LogP) is 3.78. The second-order valence-corrected chi connectivity index (χ2v) is 9.37. The molecule has 2 fully saturated rings. The molecule has 2 amide bonds. The van der Waals surface area contributed by atoms with Crippen molar-refractivity contribution >= 4 is 11.8 Å². The van der Waals surface area contributed by atoms with Crippen LogP contribution in [0, 0.1) is 25.5 Å². The maximum atomic E-state index is 14.0. The minimum Gasteiger partial charge on any atom is -0.348 e. The van der Waals surface area contributed by atoms with E-state index in [4.69, 9.17) is 0 Å². The number of aryl methyl sites for hydroxylation is 2. The maximum Gasteiger partial charge on any atom is 0.224 e. The number of carbonyl (C=O) groups is 2. The molecule has 0 aliphatic carbocycles. The van der Waals surface area contributed by atoms with Gasteiger partial charge in [0.05, 0.1) is 17.3 Å². The molecular formula is C24H30F2N4O2. The van der Waals surface area contributed by atoms with Crippen molar-refractivity contribution in [2.45, 2.75) is 70.4 Å². The highest BCUT2D eigenvalue weighted by molar-refractivity contribution is 5.80. The zero-order valence-corrected chi connectivity index (χ0v) is 18.8. The number of nitrogens with zero attached hydrogens (tertiary/aromatic N) is 3. The van der Waals surface area contributed by atoms with Gasteiger partial charge in [-0.1, -0.05) is 6.42 Å². The molecule has 0 radical (unpaired) electrons. The average Bonchev–Trinajstić information content (AvgIpc) is 3.17. The quantitative estimate of drug-likeness (QED) is 0.780. The molecule has 172 valence electrons. The number of amides is 2. The molecule has 1 aromatic heterocycles. The Bertz CT molecular complexity index is 1020. The van der Waals surface area contributed by atoms with E-state index in [0.717, 1.165) is 30.3 Å². The van der Waals surface area contributed by atoms with E-state index in [1.165, 1.54) is 12.1 Å². The standard InChI is InChI=1S/C24H30F2N4O2/c1-15-8-16(2)30(28-15)17(3)9-23(32)29-13-21(18-10-19(25)12-20(26)11-18)24(14-29)7-5-4-6-22(31)27-24/h8,10-12,17,21H,4-7,9,13-14H2,1-3H3,(H,27,31)/t17?,21-,24+/m0/s1. The van der Waals surface area contributed by atoms with Crippen LogP contribution in [0.25, 0.3) is 0 Å². The molecule has 4 rings (SSSR count). The average molecular weight is 445 g/mol. The van der Waals surface area contributed by atoms with Crippen LogP contribution in [-0.2, 0) is 9.59 Å². The summed E-state index contributed by atoms with van der Waals surface area (Å²) in [5.41, 5.74) is 1.65. The summed E-state index contributed by atoms with van der Waals surface area (Å²) in [5.74, 6) is -1.81. The Morgan fingerprint density at radius 3 is 2.59 bits per heavy atom. The van der Waals surface area contributed by atoms with Gasteiger partial charge in [0, 0.05) is 43.6 Å². The van der Waals surface area contributed by atoms with Crippen molar-refractivity contribution in [1.82, 2.24) is 20.0 Å². The van der Waals surface area contributed by atoms with Gasteiger partial charge in [-0.25, -0.2) is 8.78 Å². The highest BCUT2D eigenvalue weighted by atomic mass is 19.1. The van der Waals surface area contributed by atoms with Crippen molar-refractivity contribution in [3.05, 3.63) is 52.9 Å². The minimum absolute atomic E-state index is 0.0534. The van der Waals surface area contributed by atoms with Gasteiger partial charge in [0.15, 0.2) is 0 Å². The number of nitrogens with one attached hydrogen (secondary N) is 1. The molecule has 0 saturated carbocycles. The normalized spacial score (nSPS) is 24.5. The minimum atomic E-state index is -0.717. The lowest BCUT2D eigenvalue weighted by Crippen LogP contribution is -2.53. The second kappa shape index (κ2) is 8.64. The highest BCUT2D eigenvalue weighted by Gasteiger charge is 2.50. The number of benzene rings is 1. The number of carbonyl (C=O) groups excluding carboxylic acids is 2. The molecule has 2 aromatic rings. The van der Waals surface area contributed by atoms with E-state index in [1.807, 2.05) is 31.5 Å². The van der Waals surface area contributed by atoms with Crippen molar-refractivity contribution in [3.8, 4) is 0 Å². The first-order valence-electron chi connectivity index (χ1n) is 11.2. The van der Waals surface area contributed by atoms with E-state index in [1.54, 1.807) is 4.90 Å². The topological polar surface area (TPSA) is 67.2 Å². The van der Waals surface area contributed by atoms with Crippen LogP contribution >= 0.6 is 0 Å². The van der Waals surface area contributed by atoms with Crippen molar-refractivity contribution in [3.63, 3.8) is 0 Å². The zero-order valence-electron chi connectivity index (χ0n) is 18.8. The van der Waals surface area contributed by atoms with Crippen molar-refractivity contribution < 1.29 is 18.4 Å². The van der Waals surface area contributed by atoms with Crippen molar-refractivity contribution in [1.29, 1.82) is 0 Å². The van der Waals surface area contributed by atoms with Crippen LogP contribution in [0.3, 0.4) is 0 Å². The summed E-state index contributed by atoms with van der Waals surface area (Å²) in [6, 6.07) is 5.33. The van der Waals surface area contributed by atoms with Crippen LogP contribution in [0.1, 0.15) is 67.9 Å².